The van der Waals surface area contributed by atoms with E-state index >= 15 is 0 Å². The Hall–Kier alpha value is -0.850. The zero-order valence-corrected chi connectivity index (χ0v) is 3.31. The van der Waals surface area contributed by atoms with Crippen LogP contribution in [0.1, 0.15) is 0 Å². The van der Waals surface area contributed by atoms with Gasteiger partial charge in [-0.25, -0.2) is 0 Å². The van der Waals surface area contributed by atoms with E-state index in [2.05, 4.69) is 17.8 Å². The summed E-state index contributed by atoms with van der Waals surface area (Å²) >= 11 is 0. The van der Waals surface area contributed by atoms with E-state index in [-0.39, 0.29) is 0 Å². The van der Waals surface area contributed by atoms with Crippen molar-refractivity contribution in [2.45, 2.75) is 0 Å². The molecule has 0 fully saturated rings. The fourth-order valence-electron chi connectivity index (χ4n) is 0.285. The number of aliphatic imine (C=N–C) groups is 1. The maximum atomic E-state index is 3.63. The highest BCUT2D eigenvalue weighted by atomic mass is 14.7. The van der Waals surface area contributed by atoms with Gasteiger partial charge in [0, 0.05) is 6.20 Å². The molecule has 0 saturated heterocycles. The molecule has 0 atom stereocenters. The summed E-state index contributed by atoms with van der Waals surface area (Å²) in [5.41, 5.74) is 0.856. The molecule has 0 bridgehead atoms. The highest BCUT2D eigenvalue weighted by Crippen LogP contribution is 1.94. The van der Waals surface area contributed by atoms with E-state index in [0.29, 0.717) is 0 Å². The lowest BCUT2D eigenvalue weighted by atomic mass is 10.4. The minimum absolute atomic E-state index is 0.856. The Morgan fingerprint density at radius 1 is 1.83 bits per heavy atom. The van der Waals surface area contributed by atoms with Crippen molar-refractivity contribution >= 4 is 6.21 Å². The average Bonchev–Trinajstić information content (AvgIpc) is 1.86. The van der Waals surface area contributed by atoms with Crippen molar-refractivity contribution in [2.75, 3.05) is 0 Å². The first-order chi connectivity index (χ1) is 2.89. The summed E-state index contributed by atoms with van der Waals surface area (Å²) in [6, 6.07) is 0. The van der Waals surface area contributed by atoms with E-state index in [4.69, 9.17) is 0 Å². The first-order valence-electron chi connectivity index (χ1n) is 1.71. The maximum absolute atomic E-state index is 3.63. The molecule has 0 aromatic carbocycles. The Labute approximate surface area is 36.7 Å². The first kappa shape index (κ1) is 3.34. The van der Waals surface area contributed by atoms with Crippen molar-refractivity contribution in [3.63, 3.8) is 0 Å². The second-order valence-electron chi connectivity index (χ2n) is 1.08. The van der Waals surface area contributed by atoms with E-state index < -0.39 is 0 Å². The molecule has 1 radical (unpaired) electrons. The number of nitrogens with zero attached hydrogens (tertiary/aromatic N) is 1. The van der Waals surface area contributed by atoms with Crippen molar-refractivity contribution in [1.29, 1.82) is 0 Å². The third-order valence-electron chi connectivity index (χ3n) is 0.558. The summed E-state index contributed by atoms with van der Waals surface area (Å²) in [5, 5.41) is 0. The molecule has 0 amide bonds. The number of hydrogen-bond acceptors (Lipinski definition) is 1. The van der Waals surface area contributed by atoms with Crippen molar-refractivity contribution in [3.05, 3.63) is 24.4 Å². The van der Waals surface area contributed by atoms with Crippen LogP contribution in [0.5, 0.6) is 0 Å². The summed E-state index contributed by atoms with van der Waals surface area (Å²) < 4.78 is 0. The van der Waals surface area contributed by atoms with Crippen LogP contribution < -0.4 is 0 Å². The Morgan fingerprint density at radius 2 is 2.67 bits per heavy atom. The quantitative estimate of drug-likeness (QED) is 0.410. The summed E-state index contributed by atoms with van der Waals surface area (Å²) in [4.78, 5) is 3.63. The average molecular weight is 78.1 g/mol. The molecule has 1 heterocycles. The zero-order chi connectivity index (χ0) is 4.41. The van der Waals surface area contributed by atoms with Crippen LogP contribution >= 0.6 is 0 Å². The van der Waals surface area contributed by atoms with Gasteiger partial charge in [-0.05, 0) is 11.6 Å². The molecule has 1 aliphatic heterocycles. The summed E-state index contributed by atoms with van der Waals surface area (Å²) in [5.74, 6) is 0. The van der Waals surface area contributed by atoms with Crippen molar-refractivity contribution in [1.82, 2.24) is 0 Å². The van der Waals surface area contributed by atoms with Gasteiger partial charge in [-0.3, -0.25) is 4.99 Å². The molecule has 1 nitrogen and oxygen atoms in total. The highest BCUT2D eigenvalue weighted by Gasteiger charge is 1.84. The van der Waals surface area contributed by atoms with Gasteiger partial charge in [-0.1, -0.05) is 6.58 Å². The standard InChI is InChI=1S/C5H4N/c1-5-2-3-6-4-5/h2-3H,1H2. The lowest BCUT2D eigenvalue weighted by Crippen LogP contribution is -1.62. The van der Waals surface area contributed by atoms with Crippen LogP contribution in [0.2, 0.25) is 0 Å². The third kappa shape index (κ3) is 0.385. The van der Waals surface area contributed by atoms with Gasteiger partial charge >= 0.3 is 0 Å². The molecule has 1 rings (SSSR count). The molecule has 6 heavy (non-hydrogen) atoms. The van der Waals surface area contributed by atoms with Gasteiger partial charge in [0.15, 0.2) is 0 Å². The number of hydrogen-bond donors (Lipinski definition) is 0. The second kappa shape index (κ2) is 1.09. The van der Waals surface area contributed by atoms with E-state index in [1.807, 2.05) is 0 Å². The molecule has 0 N–H and O–H groups in total. The molecule has 0 aromatic rings. The number of allylic oxidation sites excluding steroid dienone is 2. The van der Waals surface area contributed by atoms with Gasteiger partial charge in [0.1, 0.15) is 0 Å². The second-order valence-corrected chi connectivity index (χ2v) is 1.08. The van der Waals surface area contributed by atoms with Crippen LogP contribution in [0.25, 0.3) is 0 Å². The fourth-order valence-corrected chi connectivity index (χ4v) is 0.285. The van der Waals surface area contributed by atoms with E-state index in [0.717, 1.165) is 5.57 Å². The smallest absolute Gasteiger partial charge is 0.0958 e. The molecule has 1 aliphatic rings. The van der Waals surface area contributed by atoms with E-state index in [9.17, 15) is 0 Å². The van der Waals surface area contributed by atoms with Crippen LogP contribution in [0.15, 0.2) is 29.4 Å². The summed E-state index contributed by atoms with van der Waals surface area (Å²) in [7, 11) is 0. The lowest BCUT2D eigenvalue weighted by Gasteiger charge is -1.66. The normalized spacial score (nSPS) is 17.0. The minimum atomic E-state index is 0.856. The van der Waals surface area contributed by atoms with Crippen LogP contribution in [-0.4, -0.2) is 6.21 Å². The minimum Gasteiger partial charge on any atom is -0.254 e. The van der Waals surface area contributed by atoms with Crippen LogP contribution in [0.3, 0.4) is 0 Å². The Morgan fingerprint density at radius 3 is 2.83 bits per heavy atom. The first-order valence-corrected chi connectivity index (χ1v) is 1.71. The van der Waals surface area contributed by atoms with Crippen molar-refractivity contribution in [2.24, 2.45) is 4.99 Å². The molecule has 0 aliphatic carbocycles. The topological polar surface area (TPSA) is 12.4 Å². The van der Waals surface area contributed by atoms with Crippen LogP contribution in [0.4, 0.5) is 0 Å². The zero-order valence-electron chi connectivity index (χ0n) is 3.31. The van der Waals surface area contributed by atoms with E-state index in [1.165, 1.54) is 0 Å². The summed E-state index contributed by atoms with van der Waals surface area (Å²) in [6.45, 7) is 3.56. The van der Waals surface area contributed by atoms with Gasteiger partial charge in [-0.15, -0.1) is 0 Å². The van der Waals surface area contributed by atoms with Gasteiger partial charge in [-0.2, -0.15) is 0 Å². The molecular weight excluding hydrogens is 74.1 g/mol. The Balaban J connectivity index is 2.86. The highest BCUT2D eigenvalue weighted by molar-refractivity contribution is 5.84. The molecule has 0 spiro atoms. The maximum Gasteiger partial charge on any atom is 0.0958 e. The van der Waals surface area contributed by atoms with Crippen LogP contribution in [0, 0.1) is 0 Å². The van der Waals surface area contributed by atoms with Gasteiger partial charge < -0.3 is 0 Å². The molecule has 0 unspecified atom stereocenters. The fraction of sp³-hybridized carbons (Fsp3) is 0. The van der Waals surface area contributed by atoms with Gasteiger partial charge in [0.25, 0.3) is 0 Å². The summed E-state index contributed by atoms with van der Waals surface area (Å²) in [6.07, 6.45) is 6.11. The molecule has 29 valence electrons. The predicted molar refractivity (Wildman–Crippen MR) is 25.7 cm³/mol. The van der Waals surface area contributed by atoms with E-state index in [1.54, 1.807) is 12.3 Å². The monoisotopic (exact) mass is 78.0 g/mol. The molecule has 0 saturated carbocycles. The van der Waals surface area contributed by atoms with Crippen molar-refractivity contribution < 1.29 is 0 Å². The molecule has 1 heteroatoms. The molecular formula is C5H4N. The SMILES string of the molecule is C=C1[C]=NC=C1. The number of rotatable bonds is 0. The predicted octanol–water partition coefficient (Wildman–Crippen LogP) is 1.02. The largest absolute Gasteiger partial charge is 0.254 e. The van der Waals surface area contributed by atoms with Crippen molar-refractivity contribution in [3.8, 4) is 0 Å². The third-order valence-corrected chi connectivity index (χ3v) is 0.558. The van der Waals surface area contributed by atoms with Gasteiger partial charge in [0.05, 0.1) is 6.21 Å². The van der Waals surface area contributed by atoms with Crippen LogP contribution in [-0.2, 0) is 0 Å². The Bertz CT molecular complexity index is 106. The lowest BCUT2D eigenvalue weighted by molar-refractivity contribution is 1.65. The Kier molecular flexibility index (Phi) is 0.607. The molecule has 0 aromatic heterocycles. The van der Waals surface area contributed by atoms with Gasteiger partial charge in [0.2, 0.25) is 0 Å².